The van der Waals surface area contributed by atoms with Crippen molar-refractivity contribution in [3.05, 3.63) is 11.3 Å². The van der Waals surface area contributed by atoms with Crippen LogP contribution in [0.4, 0.5) is 0 Å². The molecule has 0 aliphatic carbocycles. The van der Waals surface area contributed by atoms with E-state index in [2.05, 4.69) is 10.6 Å². The molecule has 1 aliphatic rings. The van der Waals surface area contributed by atoms with Gasteiger partial charge in [-0.05, 0) is 0 Å². The molecule has 4 N–H and O–H groups in total. The second-order valence-electron chi connectivity index (χ2n) is 2.24. The summed E-state index contributed by atoms with van der Waals surface area (Å²) in [6, 6.07) is 0. The minimum Gasteiger partial charge on any atom is -0.478 e. The molecule has 0 unspecified atom stereocenters. The van der Waals surface area contributed by atoms with Crippen molar-refractivity contribution in [1.29, 1.82) is 0 Å². The molecule has 0 aromatic rings. The maximum absolute atomic E-state index is 10.5. The van der Waals surface area contributed by atoms with Crippen molar-refractivity contribution >= 4 is 11.9 Å². The Morgan fingerprint density at radius 1 is 1.25 bits per heavy atom. The highest BCUT2D eigenvalue weighted by Gasteiger charge is 2.22. The van der Waals surface area contributed by atoms with Gasteiger partial charge in [-0.1, -0.05) is 0 Å². The quantitative estimate of drug-likeness (QED) is 0.407. The Balaban J connectivity index is 2.99. The molecule has 0 aromatic heterocycles. The highest BCUT2D eigenvalue weighted by atomic mass is 16.4. The fourth-order valence-electron chi connectivity index (χ4n) is 0.921. The number of rotatable bonds is 2. The van der Waals surface area contributed by atoms with Crippen molar-refractivity contribution in [2.24, 2.45) is 0 Å². The Kier molecular flexibility index (Phi) is 2.29. The average molecular weight is 172 g/mol. The summed E-state index contributed by atoms with van der Waals surface area (Å²) in [5.74, 6) is -2.46. The number of carboxylic acid groups (broad SMARTS) is 2. The summed E-state index contributed by atoms with van der Waals surface area (Å²) >= 11 is 0. The van der Waals surface area contributed by atoms with E-state index in [1.165, 1.54) is 0 Å². The van der Waals surface area contributed by atoms with Crippen molar-refractivity contribution in [3.63, 3.8) is 0 Å². The summed E-state index contributed by atoms with van der Waals surface area (Å²) in [4.78, 5) is 20.9. The lowest BCUT2D eigenvalue weighted by Gasteiger charge is -2.17. The Labute approximate surface area is 67.9 Å². The van der Waals surface area contributed by atoms with Crippen LogP contribution in [0.2, 0.25) is 0 Å². The van der Waals surface area contributed by atoms with Gasteiger partial charge in [0, 0.05) is 6.54 Å². The molecule has 1 heterocycles. The van der Waals surface area contributed by atoms with Gasteiger partial charge in [0.2, 0.25) is 0 Å². The summed E-state index contributed by atoms with van der Waals surface area (Å²) in [6.07, 6.45) is 0. The van der Waals surface area contributed by atoms with Gasteiger partial charge >= 0.3 is 11.9 Å². The first kappa shape index (κ1) is 8.54. The van der Waals surface area contributed by atoms with E-state index in [1.54, 1.807) is 0 Å². The Hall–Kier alpha value is -1.56. The summed E-state index contributed by atoms with van der Waals surface area (Å²) in [5, 5.41) is 22.2. The number of carbonyl (C=O) groups is 2. The standard InChI is InChI=1S/C6H8N2O4/c9-5(10)3-1-7-2-8-4(3)6(11)12/h7-8H,1-2H2,(H,9,10)(H,11,12). The third-order valence-electron chi connectivity index (χ3n) is 1.47. The summed E-state index contributed by atoms with van der Waals surface area (Å²) in [7, 11) is 0. The Morgan fingerprint density at radius 3 is 2.33 bits per heavy atom. The zero-order valence-corrected chi connectivity index (χ0v) is 6.13. The lowest BCUT2D eigenvalue weighted by molar-refractivity contribution is -0.136. The molecule has 6 nitrogen and oxygen atoms in total. The van der Waals surface area contributed by atoms with Crippen molar-refractivity contribution in [2.45, 2.75) is 0 Å². The second kappa shape index (κ2) is 3.22. The molecule has 0 amide bonds. The maximum Gasteiger partial charge on any atom is 0.352 e. The molecule has 0 radical (unpaired) electrons. The molecule has 66 valence electrons. The fraction of sp³-hybridized carbons (Fsp3) is 0.333. The second-order valence-corrected chi connectivity index (χ2v) is 2.24. The monoisotopic (exact) mass is 172 g/mol. The molecular weight excluding hydrogens is 164 g/mol. The van der Waals surface area contributed by atoms with Gasteiger partial charge in [0.05, 0.1) is 12.2 Å². The first-order valence-corrected chi connectivity index (χ1v) is 3.27. The Morgan fingerprint density at radius 2 is 1.92 bits per heavy atom. The van der Waals surface area contributed by atoms with Crippen LogP contribution in [0.25, 0.3) is 0 Å². The number of nitrogens with one attached hydrogen (secondary N) is 2. The predicted molar refractivity (Wildman–Crippen MR) is 38.3 cm³/mol. The third-order valence-corrected chi connectivity index (χ3v) is 1.47. The number of aliphatic carboxylic acids is 2. The molecule has 0 atom stereocenters. The van der Waals surface area contributed by atoms with E-state index < -0.39 is 11.9 Å². The van der Waals surface area contributed by atoms with E-state index >= 15 is 0 Å². The van der Waals surface area contributed by atoms with Gasteiger partial charge in [0.15, 0.2) is 0 Å². The van der Waals surface area contributed by atoms with E-state index in [-0.39, 0.29) is 24.5 Å². The van der Waals surface area contributed by atoms with Gasteiger partial charge < -0.3 is 15.5 Å². The minimum absolute atomic E-state index is 0.0734. The highest BCUT2D eigenvalue weighted by molar-refractivity contribution is 5.98. The van der Waals surface area contributed by atoms with E-state index in [0.29, 0.717) is 0 Å². The van der Waals surface area contributed by atoms with Crippen LogP contribution >= 0.6 is 0 Å². The average Bonchev–Trinajstić information content (AvgIpc) is 2.04. The molecule has 0 spiro atoms. The first-order chi connectivity index (χ1) is 5.63. The van der Waals surface area contributed by atoms with Crippen LogP contribution in [0.5, 0.6) is 0 Å². The van der Waals surface area contributed by atoms with Crippen molar-refractivity contribution in [1.82, 2.24) is 10.6 Å². The zero-order valence-electron chi connectivity index (χ0n) is 6.13. The molecule has 0 saturated carbocycles. The van der Waals surface area contributed by atoms with Crippen molar-refractivity contribution < 1.29 is 19.8 Å². The fourth-order valence-corrected chi connectivity index (χ4v) is 0.921. The molecule has 6 heteroatoms. The van der Waals surface area contributed by atoms with Gasteiger partial charge in [-0.2, -0.15) is 0 Å². The van der Waals surface area contributed by atoms with Crippen LogP contribution in [0.1, 0.15) is 0 Å². The SMILES string of the molecule is O=C(O)C1=C(C(=O)O)NCNC1. The molecule has 12 heavy (non-hydrogen) atoms. The molecule has 1 aliphatic heterocycles. The molecular formula is C6H8N2O4. The summed E-state index contributed by atoms with van der Waals surface area (Å²) < 4.78 is 0. The van der Waals surface area contributed by atoms with E-state index in [4.69, 9.17) is 10.2 Å². The molecule has 0 aromatic carbocycles. The first-order valence-electron chi connectivity index (χ1n) is 3.27. The van der Waals surface area contributed by atoms with Gasteiger partial charge in [0.25, 0.3) is 0 Å². The minimum atomic E-state index is -1.24. The Bertz CT molecular complexity index is 232. The summed E-state index contributed by atoms with van der Waals surface area (Å²) in [5.41, 5.74) is -0.380. The van der Waals surface area contributed by atoms with Crippen LogP contribution in [0, 0.1) is 0 Å². The molecule has 0 fully saturated rings. The lowest BCUT2D eigenvalue weighted by Crippen LogP contribution is -2.41. The molecule has 0 saturated heterocycles. The topological polar surface area (TPSA) is 98.7 Å². The van der Waals surface area contributed by atoms with Gasteiger partial charge in [0.1, 0.15) is 5.70 Å². The molecule has 0 bridgehead atoms. The molecule has 1 rings (SSSR count). The normalized spacial score (nSPS) is 17.0. The van der Waals surface area contributed by atoms with Crippen molar-refractivity contribution in [2.75, 3.05) is 13.2 Å². The van der Waals surface area contributed by atoms with Crippen LogP contribution in [0.3, 0.4) is 0 Å². The van der Waals surface area contributed by atoms with Crippen LogP contribution < -0.4 is 10.6 Å². The number of hydrogen-bond acceptors (Lipinski definition) is 4. The van der Waals surface area contributed by atoms with Crippen LogP contribution in [-0.4, -0.2) is 35.4 Å². The largest absolute Gasteiger partial charge is 0.478 e. The van der Waals surface area contributed by atoms with E-state index in [0.717, 1.165) is 0 Å². The van der Waals surface area contributed by atoms with Gasteiger partial charge in [-0.15, -0.1) is 0 Å². The number of hydrogen-bond donors (Lipinski definition) is 4. The smallest absolute Gasteiger partial charge is 0.352 e. The zero-order chi connectivity index (χ0) is 9.14. The summed E-state index contributed by atoms with van der Waals surface area (Å²) in [6.45, 7) is 0.350. The van der Waals surface area contributed by atoms with Crippen molar-refractivity contribution in [3.8, 4) is 0 Å². The van der Waals surface area contributed by atoms with Crippen LogP contribution in [-0.2, 0) is 9.59 Å². The van der Waals surface area contributed by atoms with Gasteiger partial charge in [-0.3, -0.25) is 5.32 Å². The maximum atomic E-state index is 10.5. The predicted octanol–water partition coefficient (Wildman–Crippen LogP) is -1.44. The van der Waals surface area contributed by atoms with Gasteiger partial charge in [-0.25, -0.2) is 9.59 Å². The highest BCUT2D eigenvalue weighted by Crippen LogP contribution is 2.04. The number of carboxylic acids is 2. The lowest BCUT2D eigenvalue weighted by atomic mass is 10.2. The van der Waals surface area contributed by atoms with E-state index in [9.17, 15) is 9.59 Å². The third kappa shape index (κ3) is 1.54. The van der Waals surface area contributed by atoms with E-state index in [1.807, 2.05) is 0 Å². The van der Waals surface area contributed by atoms with Crippen LogP contribution in [0.15, 0.2) is 11.3 Å².